The van der Waals surface area contributed by atoms with E-state index in [2.05, 4.69) is 5.32 Å². The summed E-state index contributed by atoms with van der Waals surface area (Å²) in [4.78, 5) is 39.4. The van der Waals surface area contributed by atoms with Gasteiger partial charge in [-0.2, -0.15) is 0 Å². The third-order valence-electron chi connectivity index (χ3n) is 6.10. The highest BCUT2D eigenvalue weighted by molar-refractivity contribution is 5.93. The summed E-state index contributed by atoms with van der Waals surface area (Å²) in [6.07, 6.45) is 6.51. The highest BCUT2D eigenvalue weighted by Crippen LogP contribution is 2.31. The van der Waals surface area contributed by atoms with Crippen LogP contribution in [-0.4, -0.2) is 67.6 Å². The molecule has 3 aliphatic rings. The molecule has 0 unspecified atom stereocenters. The number of ketones is 1. The minimum absolute atomic E-state index is 0.0105. The van der Waals surface area contributed by atoms with Crippen molar-refractivity contribution in [3.63, 3.8) is 0 Å². The first-order valence-electron chi connectivity index (χ1n) is 10.3. The number of morpholine rings is 1. The maximum Gasteiger partial charge on any atom is 0.224 e. The van der Waals surface area contributed by atoms with Gasteiger partial charge in [-0.15, -0.1) is 0 Å². The number of carbonyl (C=O) groups is 3. The van der Waals surface area contributed by atoms with Gasteiger partial charge in [0.25, 0.3) is 0 Å². The molecule has 0 aromatic rings. The van der Waals surface area contributed by atoms with Gasteiger partial charge in [0, 0.05) is 25.4 Å². The van der Waals surface area contributed by atoms with E-state index in [-0.39, 0.29) is 42.6 Å². The van der Waals surface area contributed by atoms with Crippen LogP contribution in [0.25, 0.3) is 0 Å². The van der Waals surface area contributed by atoms with Crippen LogP contribution in [0.1, 0.15) is 51.9 Å². The predicted octanol–water partition coefficient (Wildman–Crippen LogP) is 1.29. The fourth-order valence-electron chi connectivity index (χ4n) is 4.39. The molecule has 27 heavy (non-hydrogen) atoms. The molecule has 2 amide bonds. The SMILES string of the molecule is C[C@@H]1OCC(=O)[C@@H]1NC(=O)[C@@H](CC(=O)N1CCOCC1)CC1CCCCC1. The lowest BCUT2D eigenvalue weighted by Gasteiger charge is -2.30. The fourth-order valence-corrected chi connectivity index (χ4v) is 4.39. The Kier molecular flexibility index (Phi) is 7.24. The first-order valence-corrected chi connectivity index (χ1v) is 10.3. The second-order valence-corrected chi connectivity index (χ2v) is 8.10. The Hall–Kier alpha value is -1.47. The lowest BCUT2D eigenvalue weighted by molar-refractivity contribution is -0.140. The molecule has 1 saturated carbocycles. The van der Waals surface area contributed by atoms with E-state index in [4.69, 9.17) is 9.47 Å². The lowest BCUT2D eigenvalue weighted by Crippen LogP contribution is -2.48. The van der Waals surface area contributed by atoms with E-state index in [0.717, 1.165) is 19.3 Å². The standard InChI is InChI=1S/C20H32N2O5/c1-14-19(17(23)13-27-14)21-20(25)16(11-15-5-3-2-4-6-15)12-18(24)22-7-9-26-10-8-22/h14-16,19H,2-13H2,1H3,(H,21,25)/t14-,16+,19+/m0/s1. The molecular formula is C20H32N2O5. The van der Waals surface area contributed by atoms with Gasteiger partial charge >= 0.3 is 0 Å². The number of ether oxygens (including phenoxy) is 2. The van der Waals surface area contributed by atoms with Crippen molar-refractivity contribution in [1.82, 2.24) is 10.2 Å². The number of hydrogen-bond donors (Lipinski definition) is 1. The quantitative estimate of drug-likeness (QED) is 0.751. The van der Waals surface area contributed by atoms with E-state index in [1.165, 1.54) is 19.3 Å². The minimum atomic E-state index is -0.593. The Morgan fingerprint density at radius 1 is 1.19 bits per heavy atom. The van der Waals surface area contributed by atoms with Gasteiger partial charge < -0.3 is 19.7 Å². The monoisotopic (exact) mass is 380 g/mol. The molecule has 7 nitrogen and oxygen atoms in total. The second-order valence-electron chi connectivity index (χ2n) is 8.10. The van der Waals surface area contributed by atoms with Crippen molar-refractivity contribution in [2.24, 2.45) is 11.8 Å². The molecule has 2 aliphatic heterocycles. The number of Topliss-reactive ketones (excluding diaryl/α,β-unsaturated/α-hetero) is 1. The predicted molar refractivity (Wildman–Crippen MR) is 99.0 cm³/mol. The van der Waals surface area contributed by atoms with Gasteiger partial charge in [-0.1, -0.05) is 32.1 Å². The van der Waals surface area contributed by atoms with E-state index in [9.17, 15) is 14.4 Å². The molecule has 1 aliphatic carbocycles. The van der Waals surface area contributed by atoms with E-state index in [1.54, 1.807) is 11.8 Å². The molecule has 0 spiro atoms. The molecule has 0 aromatic heterocycles. The summed E-state index contributed by atoms with van der Waals surface area (Å²) in [7, 11) is 0. The number of hydrogen-bond acceptors (Lipinski definition) is 5. The summed E-state index contributed by atoms with van der Waals surface area (Å²) >= 11 is 0. The molecule has 0 radical (unpaired) electrons. The second kappa shape index (κ2) is 9.64. The number of nitrogens with zero attached hydrogens (tertiary/aromatic N) is 1. The van der Waals surface area contributed by atoms with E-state index in [0.29, 0.717) is 32.2 Å². The summed E-state index contributed by atoms with van der Waals surface area (Å²) in [6, 6.07) is -0.593. The van der Waals surface area contributed by atoms with Gasteiger partial charge in [0.05, 0.1) is 19.3 Å². The van der Waals surface area contributed by atoms with Crippen molar-refractivity contribution in [2.45, 2.75) is 64.0 Å². The Bertz CT molecular complexity index is 540. The van der Waals surface area contributed by atoms with Crippen LogP contribution in [-0.2, 0) is 23.9 Å². The number of amides is 2. The molecule has 0 bridgehead atoms. The average molecular weight is 380 g/mol. The number of nitrogens with one attached hydrogen (secondary N) is 1. The third-order valence-corrected chi connectivity index (χ3v) is 6.10. The van der Waals surface area contributed by atoms with E-state index >= 15 is 0 Å². The van der Waals surface area contributed by atoms with Crippen LogP contribution in [0.3, 0.4) is 0 Å². The third kappa shape index (κ3) is 5.51. The average Bonchev–Trinajstić information content (AvgIpc) is 3.01. The largest absolute Gasteiger partial charge is 0.378 e. The Morgan fingerprint density at radius 3 is 2.52 bits per heavy atom. The smallest absolute Gasteiger partial charge is 0.224 e. The minimum Gasteiger partial charge on any atom is -0.378 e. The van der Waals surface area contributed by atoms with Crippen LogP contribution in [0.15, 0.2) is 0 Å². The van der Waals surface area contributed by atoms with Crippen molar-refractivity contribution in [3.8, 4) is 0 Å². The van der Waals surface area contributed by atoms with Gasteiger partial charge in [-0.05, 0) is 19.3 Å². The van der Waals surface area contributed by atoms with Gasteiger partial charge in [0.1, 0.15) is 12.6 Å². The molecule has 0 aromatic carbocycles. The first-order chi connectivity index (χ1) is 13.0. The van der Waals surface area contributed by atoms with Crippen molar-refractivity contribution in [2.75, 3.05) is 32.9 Å². The van der Waals surface area contributed by atoms with Crippen LogP contribution in [0.5, 0.6) is 0 Å². The molecule has 1 N–H and O–H groups in total. The van der Waals surface area contributed by atoms with E-state index < -0.39 is 6.04 Å². The zero-order valence-corrected chi connectivity index (χ0v) is 16.3. The molecular weight excluding hydrogens is 348 g/mol. The first kappa shape index (κ1) is 20.3. The molecule has 3 fully saturated rings. The van der Waals surface area contributed by atoms with Crippen molar-refractivity contribution in [3.05, 3.63) is 0 Å². The van der Waals surface area contributed by atoms with Crippen LogP contribution in [0.4, 0.5) is 0 Å². The molecule has 2 saturated heterocycles. The summed E-state index contributed by atoms with van der Waals surface area (Å²) in [5, 5.41) is 2.87. The Balaban J connectivity index is 1.63. The molecule has 3 atom stereocenters. The van der Waals surface area contributed by atoms with Gasteiger partial charge in [0.15, 0.2) is 5.78 Å². The summed E-state index contributed by atoms with van der Waals surface area (Å²) in [5.74, 6) is -0.162. The summed E-state index contributed by atoms with van der Waals surface area (Å²) < 4.78 is 10.6. The van der Waals surface area contributed by atoms with Gasteiger partial charge in [-0.25, -0.2) is 0 Å². The normalized spacial score (nSPS) is 28.2. The maximum absolute atomic E-state index is 13.0. The van der Waals surface area contributed by atoms with Crippen LogP contribution in [0, 0.1) is 11.8 Å². The van der Waals surface area contributed by atoms with Crippen LogP contribution < -0.4 is 5.32 Å². The molecule has 7 heteroatoms. The van der Waals surface area contributed by atoms with E-state index in [1.807, 2.05) is 0 Å². The van der Waals surface area contributed by atoms with Gasteiger partial charge in [-0.3, -0.25) is 14.4 Å². The Morgan fingerprint density at radius 2 is 1.89 bits per heavy atom. The molecule has 3 rings (SSSR count). The van der Waals surface area contributed by atoms with Crippen molar-refractivity contribution in [1.29, 1.82) is 0 Å². The Labute approximate surface area is 161 Å². The topological polar surface area (TPSA) is 84.9 Å². The number of carbonyl (C=O) groups excluding carboxylic acids is 3. The van der Waals surface area contributed by atoms with Crippen molar-refractivity contribution >= 4 is 17.6 Å². The highest BCUT2D eigenvalue weighted by Gasteiger charge is 2.36. The fraction of sp³-hybridized carbons (Fsp3) is 0.850. The summed E-state index contributed by atoms with van der Waals surface area (Å²) in [6.45, 7) is 4.12. The highest BCUT2D eigenvalue weighted by atomic mass is 16.5. The number of rotatable bonds is 6. The van der Waals surface area contributed by atoms with Gasteiger partial charge in [0.2, 0.25) is 11.8 Å². The molecule has 152 valence electrons. The lowest BCUT2D eigenvalue weighted by atomic mass is 9.81. The van der Waals surface area contributed by atoms with Crippen LogP contribution in [0.2, 0.25) is 0 Å². The zero-order chi connectivity index (χ0) is 19.2. The van der Waals surface area contributed by atoms with Crippen LogP contribution >= 0.6 is 0 Å². The summed E-state index contributed by atoms with van der Waals surface area (Å²) in [5.41, 5.74) is 0. The molecule has 2 heterocycles. The zero-order valence-electron chi connectivity index (χ0n) is 16.3. The van der Waals surface area contributed by atoms with Crippen molar-refractivity contribution < 1.29 is 23.9 Å². The maximum atomic E-state index is 13.0.